The number of hydrogen-bond donors (Lipinski definition) is 1. The van der Waals surface area contributed by atoms with Gasteiger partial charge in [-0.3, -0.25) is 4.98 Å². The predicted octanol–water partition coefficient (Wildman–Crippen LogP) is 3.03. The summed E-state index contributed by atoms with van der Waals surface area (Å²) in [5.74, 6) is 0.852. The van der Waals surface area contributed by atoms with E-state index in [2.05, 4.69) is 20.9 Å². The molecule has 1 unspecified atom stereocenters. The first-order valence-electron chi connectivity index (χ1n) is 5.12. The van der Waals surface area contributed by atoms with Gasteiger partial charge in [0.15, 0.2) is 0 Å². The second-order valence-electron chi connectivity index (χ2n) is 4.04. The molecular formula is C11H15BrN2. The Morgan fingerprint density at radius 3 is 2.93 bits per heavy atom. The lowest BCUT2D eigenvalue weighted by Gasteiger charge is -2.28. The predicted molar refractivity (Wildman–Crippen MR) is 60.8 cm³/mol. The van der Waals surface area contributed by atoms with Gasteiger partial charge >= 0.3 is 0 Å². The van der Waals surface area contributed by atoms with E-state index in [1.165, 1.54) is 24.8 Å². The molecule has 3 heteroatoms. The normalized spacial score (nSPS) is 19.0. The van der Waals surface area contributed by atoms with Crippen LogP contribution in [-0.2, 0) is 0 Å². The summed E-state index contributed by atoms with van der Waals surface area (Å²) in [6, 6.07) is 2.17. The maximum absolute atomic E-state index is 6.15. The fourth-order valence-electron chi connectivity index (χ4n) is 1.90. The van der Waals surface area contributed by atoms with E-state index in [0.717, 1.165) is 16.8 Å². The first-order chi connectivity index (χ1) is 6.77. The van der Waals surface area contributed by atoms with Crippen molar-refractivity contribution in [1.29, 1.82) is 0 Å². The van der Waals surface area contributed by atoms with E-state index in [0.29, 0.717) is 0 Å². The molecule has 1 atom stereocenters. The van der Waals surface area contributed by atoms with Gasteiger partial charge in [-0.25, -0.2) is 0 Å². The first-order valence-corrected chi connectivity index (χ1v) is 5.91. The third-order valence-electron chi connectivity index (χ3n) is 3.02. The van der Waals surface area contributed by atoms with Crippen molar-refractivity contribution in [3.8, 4) is 0 Å². The topological polar surface area (TPSA) is 38.9 Å². The Kier molecular flexibility index (Phi) is 3.19. The molecule has 14 heavy (non-hydrogen) atoms. The fourth-order valence-corrected chi connectivity index (χ4v) is 2.45. The SMILES string of the molecule is NC(CC1CCC1)c1ccncc1Br. The van der Waals surface area contributed by atoms with Gasteiger partial charge < -0.3 is 5.73 Å². The van der Waals surface area contributed by atoms with Crippen LogP contribution in [0.1, 0.15) is 37.3 Å². The number of aromatic nitrogens is 1. The molecule has 76 valence electrons. The Morgan fingerprint density at radius 2 is 2.36 bits per heavy atom. The second-order valence-corrected chi connectivity index (χ2v) is 4.89. The summed E-state index contributed by atoms with van der Waals surface area (Å²) >= 11 is 3.48. The average molecular weight is 255 g/mol. The fraction of sp³-hybridized carbons (Fsp3) is 0.545. The molecule has 0 radical (unpaired) electrons. The van der Waals surface area contributed by atoms with Crippen LogP contribution in [-0.4, -0.2) is 4.98 Å². The van der Waals surface area contributed by atoms with Gasteiger partial charge in [0.05, 0.1) is 0 Å². The quantitative estimate of drug-likeness (QED) is 0.901. The third kappa shape index (κ3) is 2.15. The highest BCUT2D eigenvalue weighted by Crippen LogP contribution is 2.35. The monoisotopic (exact) mass is 254 g/mol. The standard InChI is InChI=1S/C11H15BrN2/c12-10-7-14-5-4-9(10)11(13)6-8-2-1-3-8/h4-5,7-8,11H,1-3,6,13H2. The van der Waals surface area contributed by atoms with Gasteiger partial charge in [0.2, 0.25) is 0 Å². The minimum absolute atomic E-state index is 0.165. The van der Waals surface area contributed by atoms with E-state index in [1.54, 1.807) is 6.20 Å². The number of nitrogens with zero attached hydrogens (tertiary/aromatic N) is 1. The van der Waals surface area contributed by atoms with Crippen molar-refractivity contribution < 1.29 is 0 Å². The second kappa shape index (κ2) is 4.41. The van der Waals surface area contributed by atoms with Crippen LogP contribution in [0.2, 0.25) is 0 Å². The number of pyridine rings is 1. The molecule has 0 amide bonds. The van der Waals surface area contributed by atoms with Gasteiger partial charge in [-0.2, -0.15) is 0 Å². The lowest BCUT2D eigenvalue weighted by molar-refractivity contribution is 0.277. The summed E-state index contributed by atoms with van der Waals surface area (Å²) in [5.41, 5.74) is 7.34. The molecule has 1 saturated carbocycles. The highest BCUT2D eigenvalue weighted by Gasteiger charge is 2.21. The van der Waals surface area contributed by atoms with Gasteiger partial charge in [-0.1, -0.05) is 19.3 Å². The van der Waals surface area contributed by atoms with Crippen LogP contribution in [0.15, 0.2) is 22.9 Å². The summed E-state index contributed by atoms with van der Waals surface area (Å²) in [4.78, 5) is 4.04. The van der Waals surface area contributed by atoms with Crippen molar-refractivity contribution in [3.05, 3.63) is 28.5 Å². The number of halogens is 1. The number of nitrogens with two attached hydrogens (primary N) is 1. The minimum Gasteiger partial charge on any atom is -0.324 e. The zero-order valence-electron chi connectivity index (χ0n) is 8.12. The first kappa shape index (κ1) is 10.1. The Morgan fingerprint density at radius 1 is 1.57 bits per heavy atom. The van der Waals surface area contributed by atoms with Crippen molar-refractivity contribution in [3.63, 3.8) is 0 Å². The molecule has 2 rings (SSSR count). The zero-order valence-corrected chi connectivity index (χ0v) is 9.70. The van der Waals surface area contributed by atoms with E-state index in [9.17, 15) is 0 Å². The largest absolute Gasteiger partial charge is 0.324 e. The van der Waals surface area contributed by atoms with Gasteiger partial charge in [0.1, 0.15) is 0 Å². The van der Waals surface area contributed by atoms with E-state index in [4.69, 9.17) is 5.73 Å². The molecule has 1 aromatic rings. The molecule has 0 aliphatic heterocycles. The molecule has 0 bridgehead atoms. The Bertz CT molecular complexity index is 310. The van der Waals surface area contributed by atoms with Crippen LogP contribution < -0.4 is 5.73 Å². The van der Waals surface area contributed by atoms with Gasteiger partial charge in [-0.05, 0) is 39.9 Å². The summed E-state index contributed by atoms with van der Waals surface area (Å²) < 4.78 is 1.03. The highest BCUT2D eigenvalue weighted by atomic mass is 79.9. The van der Waals surface area contributed by atoms with E-state index < -0.39 is 0 Å². The van der Waals surface area contributed by atoms with Crippen LogP contribution >= 0.6 is 15.9 Å². The van der Waals surface area contributed by atoms with Crippen LogP contribution in [0.4, 0.5) is 0 Å². The summed E-state index contributed by atoms with van der Waals surface area (Å²) in [6.07, 6.45) is 8.83. The molecule has 1 heterocycles. The van der Waals surface area contributed by atoms with Gasteiger partial charge in [0, 0.05) is 22.9 Å². The van der Waals surface area contributed by atoms with E-state index >= 15 is 0 Å². The molecule has 2 nitrogen and oxygen atoms in total. The zero-order chi connectivity index (χ0) is 9.97. The lowest BCUT2D eigenvalue weighted by atomic mass is 9.80. The van der Waals surface area contributed by atoms with Crippen LogP contribution in [0.3, 0.4) is 0 Å². The van der Waals surface area contributed by atoms with E-state index in [1.807, 2.05) is 12.3 Å². The lowest BCUT2D eigenvalue weighted by Crippen LogP contribution is -2.20. The summed E-state index contributed by atoms with van der Waals surface area (Å²) in [7, 11) is 0. The molecule has 0 saturated heterocycles. The summed E-state index contributed by atoms with van der Waals surface area (Å²) in [5, 5.41) is 0. The van der Waals surface area contributed by atoms with E-state index in [-0.39, 0.29) is 6.04 Å². The van der Waals surface area contributed by atoms with Crippen molar-refractivity contribution in [2.24, 2.45) is 11.7 Å². The van der Waals surface area contributed by atoms with Gasteiger partial charge in [-0.15, -0.1) is 0 Å². The molecular weight excluding hydrogens is 240 g/mol. The van der Waals surface area contributed by atoms with Crippen molar-refractivity contribution in [1.82, 2.24) is 4.98 Å². The Labute approximate surface area is 93.0 Å². The number of rotatable bonds is 3. The molecule has 0 spiro atoms. The average Bonchev–Trinajstić information content (AvgIpc) is 2.12. The minimum atomic E-state index is 0.165. The molecule has 1 aromatic heterocycles. The number of hydrogen-bond acceptors (Lipinski definition) is 2. The molecule has 1 fully saturated rings. The maximum atomic E-state index is 6.15. The van der Waals surface area contributed by atoms with Crippen LogP contribution in [0.5, 0.6) is 0 Å². The maximum Gasteiger partial charge on any atom is 0.0413 e. The van der Waals surface area contributed by atoms with Crippen molar-refractivity contribution in [2.75, 3.05) is 0 Å². The van der Waals surface area contributed by atoms with Crippen LogP contribution in [0, 0.1) is 5.92 Å². The molecule has 2 N–H and O–H groups in total. The third-order valence-corrected chi connectivity index (χ3v) is 3.68. The Hall–Kier alpha value is -0.410. The van der Waals surface area contributed by atoms with Crippen LogP contribution in [0.25, 0.3) is 0 Å². The molecule has 1 aliphatic rings. The highest BCUT2D eigenvalue weighted by molar-refractivity contribution is 9.10. The molecule has 1 aliphatic carbocycles. The summed E-state index contributed by atoms with van der Waals surface area (Å²) in [6.45, 7) is 0. The smallest absolute Gasteiger partial charge is 0.0413 e. The van der Waals surface area contributed by atoms with Gasteiger partial charge in [0.25, 0.3) is 0 Å². The van der Waals surface area contributed by atoms with Crippen molar-refractivity contribution >= 4 is 15.9 Å². The van der Waals surface area contributed by atoms with Crippen molar-refractivity contribution in [2.45, 2.75) is 31.7 Å². The molecule has 0 aromatic carbocycles. The Balaban J connectivity index is 2.02.